The zero-order valence-corrected chi connectivity index (χ0v) is 14.7. The lowest BCUT2D eigenvalue weighted by atomic mass is 10.1. The quantitative estimate of drug-likeness (QED) is 0.697. The van der Waals surface area contributed by atoms with Crippen LogP contribution in [-0.2, 0) is 24.2 Å². The summed E-state index contributed by atoms with van der Waals surface area (Å²) in [6.45, 7) is 3.35. The second-order valence-corrected chi connectivity index (χ2v) is 6.00. The number of para-hydroxylation sites is 1. The van der Waals surface area contributed by atoms with Gasteiger partial charge in [-0.25, -0.2) is 4.98 Å². The van der Waals surface area contributed by atoms with E-state index in [4.69, 9.17) is 0 Å². The van der Waals surface area contributed by atoms with Gasteiger partial charge in [-0.05, 0) is 50.2 Å². The zero-order chi connectivity index (χ0) is 17.6. The molecule has 0 aliphatic carbocycles. The number of likely N-dealkylation sites (N-methyl/N-ethyl adjacent to an activating group) is 1. The third-order valence-electron chi connectivity index (χ3n) is 4.39. The van der Waals surface area contributed by atoms with Crippen molar-refractivity contribution in [3.63, 3.8) is 0 Å². The predicted molar refractivity (Wildman–Crippen MR) is 102 cm³/mol. The smallest absolute Gasteiger partial charge is 0.245 e. The number of amides is 1. The van der Waals surface area contributed by atoms with Crippen molar-refractivity contribution in [2.24, 2.45) is 0 Å². The highest BCUT2D eigenvalue weighted by molar-refractivity contribution is 5.92. The zero-order valence-electron chi connectivity index (χ0n) is 14.7. The van der Waals surface area contributed by atoms with Gasteiger partial charge in [-0.1, -0.05) is 31.2 Å². The van der Waals surface area contributed by atoms with Crippen LogP contribution in [0.25, 0.3) is 10.9 Å². The summed E-state index contributed by atoms with van der Waals surface area (Å²) in [5.74, 6) is 0.520. The summed E-state index contributed by atoms with van der Waals surface area (Å²) in [5.41, 5.74) is 3.67. The van der Waals surface area contributed by atoms with E-state index in [9.17, 15) is 4.79 Å². The summed E-state index contributed by atoms with van der Waals surface area (Å²) in [7, 11) is 1.96. The molecule has 3 rings (SSSR count). The van der Waals surface area contributed by atoms with Gasteiger partial charge < -0.3 is 15.2 Å². The van der Waals surface area contributed by atoms with Gasteiger partial charge in [0.15, 0.2) is 0 Å². The molecular formula is C20H24N4O. The topological polar surface area (TPSA) is 59.0 Å². The molecule has 2 aromatic heterocycles. The Morgan fingerprint density at radius 3 is 2.68 bits per heavy atom. The van der Waals surface area contributed by atoms with Crippen LogP contribution in [0.4, 0.5) is 5.82 Å². The molecule has 5 heteroatoms. The fraction of sp³-hybridized carbons (Fsp3) is 0.300. The molecular weight excluding hydrogens is 312 g/mol. The average Bonchev–Trinajstić information content (AvgIpc) is 2.93. The third kappa shape index (κ3) is 3.72. The molecule has 0 saturated heterocycles. The molecule has 3 aromatic rings. The number of rotatable bonds is 7. The van der Waals surface area contributed by atoms with Crippen LogP contribution in [0, 0.1) is 0 Å². The first-order valence-electron chi connectivity index (χ1n) is 8.69. The number of pyridine rings is 1. The molecule has 0 bridgehead atoms. The van der Waals surface area contributed by atoms with E-state index in [1.165, 1.54) is 16.6 Å². The lowest BCUT2D eigenvalue weighted by Gasteiger charge is -2.11. The van der Waals surface area contributed by atoms with Gasteiger partial charge in [0.05, 0.1) is 0 Å². The molecule has 2 N–H and O–H groups in total. The number of nitrogens with zero attached hydrogens (tertiary/aromatic N) is 2. The Bertz CT molecular complexity index is 855. The number of anilines is 1. The Hall–Kier alpha value is -2.66. The van der Waals surface area contributed by atoms with Crippen molar-refractivity contribution >= 4 is 22.6 Å². The standard InChI is InChI=1S/C20H24N4O/c1-3-17-16(11-13-21-2)15-8-4-5-9-18(15)24(17)14-20(25)23-19-10-6-7-12-22-19/h4-10,12,21H,3,11,13-14H2,1-2H3,(H,22,23,25). The maximum Gasteiger partial charge on any atom is 0.245 e. The van der Waals surface area contributed by atoms with E-state index < -0.39 is 0 Å². The molecule has 0 saturated carbocycles. The second kappa shape index (κ2) is 7.94. The van der Waals surface area contributed by atoms with Crippen molar-refractivity contribution in [3.8, 4) is 0 Å². The van der Waals surface area contributed by atoms with Gasteiger partial charge in [0.2, 0.25) is 5.91 Å². The largest absolute Gasteiger partial charge is 0.335 e. The van der Waals surface area contributed by atoms with Crippen molar-refractivity contribution < 1.29 is 4.79 Å². The van der Waals surface area contributed by atoms with Gasteiger partial charge in [-0.3, -0.25) is 4.79 Å². The summed E-state index contributed by atoms with van der Waals surface area (Å²) >= 11 is 0. The molecule has 25 heavy (non-hydrogen) atoms. The number of nitrogens with one attached hydrogen (secondary N) is 2. The van der Waals surface area contributed by atoms with Gasteiger partial charge in [0.1, 0.15) is 12.4 Å². The maximum absolute atomic E-state index is 12.5. The number of aromatic nitrogens is 2. The van der Waals surface area contributed by atoms with E-state index in [1.54, 1.807) is 12.3 Å². The third-order valence-corrected chi connectivity index (χ3v) is 4.39. The molecule has 0 fully saturated rings. The summed E-state index contributed by atoms with van der Waals surface area (Å²) < 4.78 is 2.14. The van der Waals surface area contributed by atoms with Gasteiger partial charge in [-0.15, -0.1) is 0 Å². The predicted octanol–water partition coefficient (Wildman–Crippen LogP) is 3.00. The molecule has 130 valence electrons. The second-order valence-electron chi connectivity index (χ2n) is 6.00. The van der Waals surface area contributed by atoms with E-state index >= 15 is 0 Å². The van der Waals surface area contributed by atoms with E-state index in [2.05, 4.69) is 45.3 Å². The van der Waals surface area contributed by atoms with Crippen LogP contribution in [0.1, 0.15) is 18.2 Å². The Kier molecular flexibility index (Phi) is 5.46. The molecule has 5 nitrogen and oxygen atoms in total. The highest BCUT2D eigenvalue weighted by Crippen LogP contribution is 2.27. The van der Waals surface area contributed by atoms with Crippen LogP contribution in [0.3, 0.4) is 0 Å². The van der Waals surface area contributed by atoms with E-state index in [0.29, 0.717) is 12.4 Å². The number of carbonyl (C=O) groups excluding carboxylic acids is 1. The SMILES string of the molecule is CCc1c(CCNC)c2ccccc2n1CC(=O)Nc1ccccn1. The summed E-state index contributed by atoms with van der Waals surface area (Å²) in [6.07, 6.45) is 3.52. The van der Waals surface area contributed by atoms with Crippen LogP contribution < -0.4 is 10.6 Å². The van der Waals surface area contributed by atoms with Crippen LogP contribution in [-0.4, -0.2) is 29.1 Å². The Morgan fingerprint density at radius 2 is 1.96 bits per heavy atom. The van der Waals surface area contributed by atoms with E-state index in [0.717, 1.165) is 24.9 Å². The first-order valence-corrected chi connectivity index (χ1v) is 8.69. The van der Waals surface area contributed by atoms with Crippen molar-refractivity contribution in [2.75, 3.05) is 18.9 Å². The summed E-state index contributed by atoms with van der Waals surface area (Å²) in [4.78, 5) is 16.7. The van der Waals surface area contributed by atoms with Crippen LogP contribution in [0.5, 0.6) is 0 Å². The Labute approximate surface area is 148 Å². The first kappa shape index (κ1) is 17.2. The van der Waals surface area contributed by atoms with E-state index in [1.807, 2.05) is 25.2 Å². The van der Waals surface area contributed by atoms with Crippen molar-refractivity contribution in [1.82, 2.24) is 14.9 Å². The molecule has 0 radical (unpaired) electrons. The number of carbonyl (C=O) groups is 1. The van der Waals surface area contributed by atoms with Crippen molar-refractivity contribution in [2.45, 2.75) is 26.3 Å². The maximum atomic E-state index is 12.5. The molecule has 1 aromatic carbocycles. The van der Waals surface area contributed by atoms with Crippen LogP contribution >= 0.6 is 0 Å². The fourth-order valence-electron chi connectivity index (χ4n) is 3.30. The van der Waals surface area contributed by atoms with Crippen molar-refractivity contribution in [3.05, 3.63) is 59.9 Å². The van der Waals surface area contributed by atoms with Gasteiger partial charge in [-0.2, -0.15) is 0 Å². The number of benzene rings is 1. The van der Waals surface area contributed by atoms with Crippen molar-refractivity contribution in [1.29, 1.82) is 0 Å². The van der Waals surface area contributed by atoms with Crippen LogP contribution in [0.15, 0.2) is 48.7 Å². The molecule has 2 heterocycles. The molecule has 0 aliphatic heterocycles. The first-order chi connectivity index (χ1) is 12.2. The number of fused-ring (bicyclic) bond motifs is 1. The average molecular weight is 336 g/mol. The normalized spacial score (nSPS) is 11.0. The van der Waals surface area contributed by atoms with Gasteiger partial charge in [0.25, 0.3) is 0 Å². The minimum Gasteiger partial charge on any atom is -0.335 e. The molecule has 0 spiro atoms. The lowest BCUT2D eigenvalue weighted by Crippen LogP contribution is -2.20. The lowest BCUT2D eigenvalue weighted by molar-refractivity contribution is -0.116. The minimum atomic E-state index is -0.0608. The van der Waals surface area contributed by atoms with Gasteiger partial charge >= 0.3 is 0 Å². The number of hydrogen-bond donors (Lipinski definition) is 2. The Morgan fingerprint density at radius 1 is 1.16 bits per heavy atom. The Balaban J connectivity index is 1.93. The molecule has 0 aliphatic rings. The highest BCUT2D eigenvalue weighted by Gasteiger charge is 2.17. The fourth-order valence-corrected chi connectivity index (χ4v) is 3.30. The molecule has 0 atom stereocenters. The monoisotopic (exact) mass is 336 g/mol. The minimum absolute atomic E-state index is 0.0608. The molecule has 0 unspecified atom stereocenters. The highest BCUT2D eigenvalue weighted by atomic mass is 16.2. The number of hydrogen-bond acceptors (Lipinski definition) is 3. The van der Waals surface area contributed by atoms with Crippen LogP contribution in [0.2, 0.25) is 0 Å². The molecule has 1 amide bonds. The summed E-state index contributed by atoms with van der Waals surface area (Å²) in [6, 6.07) is 13.8. The van der Waals surface area contributed by atoms with Gasteiger partial charge in [0, 0.05) is 22.8 Å². The van der Waals surface area contributed by atoms with E-state index in [-0.39, 0.29) is 5.91 Å². The summed E-state index contributed by atoms with van der Waals surface area (Å²) in [5, 5.41) is 7.33.